The fraction of sp³-hybridized carbons (Fsp3) is 0.909. The van der Waals surface area contributed by atoms with E-state index in [1.807, 2.05) is 0 Å². The molecule has 1 spiro atoms. The number of amides is 1. The molecule has 0 aromatic rings. The SMILES string of the molecule is Cl.[2H]C1([2H])OC2(CCNCC2)C([2H])([2H])N(C2CC2)C1=O. The predicted octanol–water partition coefficient (Wildman–Crippen LogP) is 0.552. The first-order valence-electron chi connectivity index (χ1n) is 7.55. The largest absolute Gasteiger partial charge is 0.363 e. The fourth-order valence-electron chi connectivity index (χ4n) is 2.12. The molecule has 0 unspecified atom stereocenters. The Balaban J connectivity index is 0.00000147. The highest BCUT2D eigenvalue weighted by molar-refractivity contribution is 5.85. The van der Waals surface area contributed by atoms with Crippen molar-refractivity contribution in [1.29, 1.82) is 0 Å². The Labute approximate surface area is 108 Å². The number of ether oxygens (including phenoxy) is 1. The van der Waals surface area contributed by atoms with Crippen molar-refractivity contribution in [3.8, 4) is 0 Å². The third-order valence-corrected chi connectivity index (χ3v) is 3.20. The van der Waals surface area contributed by atoms with E-state index >= 15 is 0 Å². The zero-order valence-electron chi connectivity index (χ0n) is 13.0. The van der Waals surface area contributed by atoms with Gasteiger partial charge in [0.1, 0.15) is 6.56 Å². The van der Waals surface area contributed by atoms with E-state index < -0.39 is 24.6 Å². The van der Waals surface area contributed by atoms with E-state index in [0.29, 0.717) is 25.9 Å². The Morgan fingerprint density at radius 2 is 2.12 bits per heavy atom. The molecule has 3 aliphatic rings. The van der Waals surface area contributed by atoms with Crippen LogP contribution in [-0.4, -0.2) is 48.6 Å². The molecule has 92 valence electrons. The lowest BCUT2D eigenvalue weighted by Gasteiger charge is -2.45. The van der Waals surface area contributed by atoms with Crippen LogP contribution < -0.4 is 5.32 Å². The quantitative estimate of drug-likeness (QED) is 0.739. The minimum atomic E-state index is -2.43. The van der Waals surface area contributed by atoms with Crippen LogP contribution in [-0.2, 0) is 9.53 Å². The van der Waals surface area contributed by atoms with E-state index in [-0.39, 0.29) is 18.4 Å². The number of morpholine rings is 1. The standard InChI is InChI=1S/C11H18N2O2.ClH/c14-10-7-15-11(3-5-12-6-4-11)8-13(10)9-1-2-9;/h9,12H,1-8H2;1H/i7D2,8D2;. The molecule has 0 aromatic carbocycles. The van der Waals surface area contributed by atoms with Gasteiger partial charge in [-0.1, -0.05) is 0 Å². The molecular weight excluding hydrogens is 228 g/mol. The van der Waals surface area contributed by atoms with E-state index in [4.69, 9.17) is 10.2 Å². The monoisotopic (exact) mass is 250 g/mol. The number of hydrogen-bond donors (Lipinski definition) is 1. The van der Waals surface area contributed by atoms with Gasteiger partial charge in [0.25, 0.3) is 0 Å². The van der Waals surface area contributed by atoms with Crippen molar-refractivity contribution in [2.75, 3.05) is 26.1 Å². The lowest BCUT2D eigenvalue weighted by molar-refractivity contribution is -0.168. The Morgan fingerprint density at radius 3 is 2.75 bits per heavy atom. The number of nitrogens with one attached hydrogen (secondary N) is 1. The average Bonchev–Trinajstić information content (AvgIpc) is 3.12. The summed E-state index contributed by atoms with van der Waals surface area (Å²) < 4.78 is 37.7. The van der Waals surface area contributed by atoms with Gasteiger partial charge in [-0.15, -0.1) is 12.4 Å². The van der Waals surface area contributed by atoms with Crippen LogP contribution in [0.4, 0.5) is 0 Å². The zero-order valence-corrected chi connectivity index (χ0v) is 9.81. The number of carbonyl (C=O) groups is 1. The number of rotatable bonds is 1. The summed E-state index contributed by atoms with van der Waals surface area (Å²) in [5.41, 5.74) is -1.24. The molecule has 0 bridgehead atoms. The van der Waals surface area contributed by atoms with Crippen LogP contribution in [0, 0.1) is 0 Å². The minimum Gasteiger partial charge on any atom is -0.363 e. The maximum absolute atomic E-state index is 12.1. The molecule has 5 heteroatoms. The smallest absolute Gasteiger partial charge is 0.248 e. The van der Waals surface area contributed by atoms with Gasteiger partial charge in [0, 0.05) is 6.04 Å². The maximum atomic E-state index is 12.1. The Bertz CT molecular complexity index is 411. The van der Waals surface area contributed by atoms with Crippen LogP contribution in [0.15, 0.2) is 0 Å². The molecule has 0 atom stereocenters. The summed E-state index contributed by atoms with van der Waals surface area (Å²) in [7, 11) is 0. The molecule has 4 nitrogen and oxygen atoms in total. The molecule has 0 radical (unpaired) electrons. The lowest BCUT2D eigenvalue weighted by Crippen LogP contribution is -2.58. The van der Waals surface area contributed by atoms with Crippen LogP contribution in [0.25, 0.3) is 0 Å². The van der Waals surface area contributed by atoms with E-state index in [9.17, 15) is 4.79 Å². The van der Waals surface area contributed by atoms with Crippen molar-refractivity contribution in [2.24, 2.45) is 0 Å². The summed E-state index contributed by atoms with van der Waals surface area (Å²) in [6.45, 7) is -3.23. The first kappa shape index (κ1) is 7.90. The van der Waals surface area contributed by atoms with Crippen molar-refractivity contribution in [3.05, 3.63) is 0 Å². The summed E-state index contributed by atoms with van der Waals surface area (Å²) in [6, 6.07) is -0.173. The van der Waals surface area contributed by atoms with E-state index in [2.05, 4.69) is 5.32 Å². The van der Waals surface area contributed by atoms with Crippen molar-refractivity contribution in [1.82, 2.24) is 10.2 Å². The van der Waals surface area contributed by atoms with Crippen LogP contribution in [0.3, 0.4) is 0 Å². The van der Waals surface area contributed by atoms with Gasteiger partial charge in [-0.25, -0.2) is 0 Å². The molecular formula is C11H19ClN2O2. The van der Waals surface area contributed by atoms with Crippen molar-refractivity contribution >= 4 is 18.3 Å². The second-order valence-electron chi connectivity index (χ2n) is 4.47. The summed E-state index contributed by atoms with van der Waals surface area (Å²) in [6.07, 6.45) is 2.23. The summed E-state index contributed by atoms with van der Waals surface area (Å²) in [5.74, 6) is -0.871. The van der Waals surface area contributed by atoms with Crippen molar-refractivity contribution in [2.45, 2.75) is 37.3 Å². The Kier molecular flexibility index (Phi) is 2.23. The summed E-state index contributed by atoms with van der Waals surface area (Å²) >= 11 is 0. The topological polar surface area (TPSA) is 41.6 Å². The van der Waals surface area contributed by atoms with Crippen LogP contribution >= 0.6 is 12.4 Å². The van der Waals surface area contributed by atoms with Gasteiger partial charge in [-0.2, -0.15) is 0 Å². The van der Waals surface area contributed by atoms with Gasteiger partial charge in [0.2, 0.25) is 5.91 Å². The van der Waals surface area contributed by atoms with Crippen molar-refractivity contribution in [3.63, 3.8) is 0 Å². The fourth-order valence-corrected chi connectivity index (χ4v) is 2.12. The molecule has 1 aliphatic carbocycles. The third-order valence-electron chi connectivity index (χ3n) is 3.20. The van der Waals surface area contributed by atoms with E-state index in [0.717, 1.165) is 17.7 Å². The average molecular weight is 251 g/mol. The molecule has 1 saturated carbocycles. The summed E-state index contributed by atoms with van der Waals surface area (Å²) in [5, 5.41) is 3.12. The molecule has 1 N–H and O–H groups in total. The van der Waals surface area contributed by atoms with Gasteiger partial charge in [-0.3, -0.25) is 4.79 Å². The first-order valence-corrected chi connectivity index (χ1v) is 5.55. The Hall–Kier alpha value is -0.320. The maximum Gasteiger partial charge on any atom is 0.248 e. The normalized spacial score (nSPS) is 39.0. The van der Waals surface area contributed by atoms with Gasteiger partial charge < -0.3 is 15.0 Å². The molecule has 3 rings (SSSR count). The van der Waals surface area contributed by atoms with E-state index in [1.54, 1.807) is 0 Å². The van der Waals surface area contributed by atoms with Gasteiger partial charge in [0.05, 0.1) is 17.6 Å². The number of hydrogen-bond acceptors (Lipinski definition) is 3. The number of piperidine rings is 1. The molecule has 1 amide bonds. The zero-order chi connectivity index (χ0) is 13.9. The van der Waals surface area contributed by atoms with Gasteiger partial charge >= 0.3 is 0 Å². The Morgan fingerprint density at radius 1 is 1.44 bits per heavy atom. The molecule has 2 heterocycles. The molecule has 16 heavy (non-hydrogen) atoms. The van der Waals surface area contributed by atoms with E-state index in [1.165, 1.54) is 0 Å². The van der Waals surface area contributed by atoms with Gasteiger partial charge in [-0.05, 0) is 38.8 Å². The predicted molar refractivity (Wildman–Crippen MR) is 62.8 cm³/mol. The number of carbonyl (C=O) groups excluding carboxylic acids is 1. The highest BCUT2D eigenvalue weighted by Crippen LogP contribution is 2.34. The molecule has 2 aliphatic heterocycles. The molecule has 2 saturated heterocycles. The lowest BCUT2D eigenvalue weighted by atomic mass is 9.90. The van der Waals surface area contributed by atoms with Crippen molar-refractivity contribution < 1.29 is 15.0 Å². The highest BCUT2D eigenvalue weighted by atomic mass is 35.5. The van der Waals surface area contributed by atoms with Crippen LogP contribution in [0.1, 0.15) is 31.2 Å². The first-order chi connectivity index (χ1) is 8.80. The minimum absolute atomic E-state index is 0. The van der Waals surface area contributed by atoms with Gasteiger partial charge in [0.15, 0.2) is 0 Å². The number of halogens is 1. The number of nitrogens with zero attached hydrogens (tertiary/aromatic N) is 1. The second kappa shape index (κ2) is 4.51. The third kappa shape index (κ3) is 2.19. The molecule has 0 aromatic heterocycles. The highest BCUT2D eigenvalue weighted by Gasteiger charge is 2.45. The van der Waals surface area contributed by atoms with Crippen LogP contribution in [0.2, 0.25) is 0 Å². The van der Waals surface area contributed by atoms with Crippen LogP contribution in [0.5, 0.6) is 0 Å². The summed E-state index contributed by atoms with van der Waals surface area (Å²) in [4.78, 5) is 13.3. The second-order valence-corrected chi connectivity index (χ2v) is 4.47. The molecule has 3 fully saturated rings.